The lowest BCUT2D eigenvalue weighted by Gasteiger charge is -2.17. The molecule has 0 spiro atoms. The van der Waals surface area contributed by atoms with Crippen molar-refractivity contribution in [3.05, 3.63) is 35.4 Å². The minimum absolute atomic E-state index is 0.128. The van der Waals surface area contributed by atoms with E-state index in [4.69, 9.17) is 15.0 Å². The number of rotatable bonds is 5. The molecule has 3 aromatic rings. The standard InChI is InChI=1S/C14H18N7O7P/c1-19-6-21(11-8(19)12(24)18-14(15)17-11)13-10(23)9(22)7(28-13)4-27-29(25,26)20-3-2-16-5-20/h2-3,5-7,9-10,13,22-23H,4H2,1H3,(H3-,15,17,18,24,25,26)/p+1/t7-,9?,10?,13-/m1/s1. The normalized spacial score (nSPS) is 26.8. The van der Waals surface area contributed by atoms with Crippen molar-refractivity contribution in [2.45, 2.75) is 24.5 Å². The molecular formula is C14H19N7O7P+. The van der Waals surface area contributed by atoms with E-state index >= 15 is 0 Å². The second-order valence-electron chi connectivity index (χ2n) is 6.53. The summed E-state index contributed by atoms with van der Waals surface area (Å²) in [6.45, 7) is -0.484. The maximum absolute atomic E-state index is 12.2. The smallest absolute Gasteiger partial charge is 0.387 e. The Balaban J connectivity index is 1.59. The zero-order valence-corrected chi connectivity index (χ0v) is 16.0. The number of anilines is 1. The van der Waals surface area contributed by atoms with Crippen LogP contribution in [0.15, 0.2) is 29.8 Å². The quantitative estimate of drug-likeness (QED) is 0.216. The van der Waals surface area contributed by atoms with Gasteiger partial charge >= 0.3 is 13.4 Å². The van der Waals surface area contributed by atoms with Gasteiger partial charge in [-0.15, -0.1) is 0 Å². The van der Waals surface area contributed by atoms with Crippen molar-refractivity contribution in [3.8, 4) is 0 Å². The summed E-state index contributed by atoms with van der Waals surface area (Å²) < 4.78 is 26.6. The average molecular weight is 428 g/mol. The largest absolute Gasteiger partial charge is 0.437 e. The second-order valence-corrected chi connectivity index (χ2v) is 8.23. The third-order valence-corrected chi connectivity index (χ3v) is 5.90. The number of aromatic amines is 1. The molecule has 5 atom stereocenters. The molecule has 1 aliphatic heterocycles. The summed E-state index contributed by atoms with van der Waals surface area (Å²) in [5.41, 5.74) is 5.44. The van der Waals surface area contributed by atoms with Gasteiger partial charge in [0.1, 0.15) is 24.6 Å². The summed E-state index contributed by atoms with van der Waals surface area (Å²) >= 11 is 0. The number of aromatic nitrogens is 6. The molecule has 14 nitrogen and oxygen atoms in total. The molecule has 0 amide bonds. The molecule has 0 bridgehead atoms. The molecule has 3 aromatic heterocycles. The number of fused-ring (bicyclic) bond motifs is 1. The maximum Gasteiger partial charge on any atom is 0.437 e. The van der Waals surface area contributed by atoms with Gasteiger partial charge in [0.25, 0.3) is 11.5 Å². The van der Waals surface area contributed by atoms with Crippen LogP contribution in [-0.2, 0) is 20.9 Å². The predicted octanol–water partition coefficient (Wildman–Crippen LogP) is -2.39. The van der Waals surface area contributed by atoms with Crippen molar-refractivity contribution < 1.29 is 33.5 Å². The van der Waals surface area contributed by atoms with Crippen LogP contribution in [0.1, 0.15) is 6.23 Å². The predicted molar refractivity (Wildman–Crippen MR) is 95.3 cm³/mol. The van der Waals surface area contributed by atoms with Crippen LogP contribution in [-0.4, -0.2) is 63.9 Å². The third-order valence-electron chi connectivity index (χ3n) is 4.59. The lowest BCUT2D eigenvalue weighted by Crippen LogP contribution is -2.46. The van der Waals surface area contributed by atoms with E-state index < -0.39 is 44.5 Å². The van der Waals surface area contributed by atoms with Crippen LogP contribution in [0.3, 0.4) is 0 Å². The summed E-state index contributed by atoms with van der Waals surface area (Å²) in [4.78, 5) is 32.2. The number of nitrogens with zero attached hydrogens (tertiary/aromatic N) is 5. The molecular weight excluding hydrogens is 409 g/mol. The van der Waals surface area contributed by atoms with Crippen molar-refractivity contribution in [1.82, 2.24) is 23.9 Å². The zero-order valence-electron chi connectivity index (χ0n) is 15.1. The lowest BCUT2D eigenvalue weighted by atomic mass is 10.1. The van der Waals surface area contributed by atoms with E-state index in [-0.39, 0.29) is 17.1 Å². The molecule has 0 saturated carbocycles. The molecule has 15 heteroatoms. The van der Waals surface area contributed by atoms with Crippen LogP contribution in [0.5, 0.6) is 0 Å². The molecule has 1 saturated heterocycles. The Morgan fingerprint density at radius 1 is 1.45 bits per heavy atom. The number of aliphatic hydroxyl groups excluding tert-OH is 2. The minimum Gasteiger partial charge on any atom is -0.387 e. The topological polar surface area (TPSA) is 195 Å². The molecule has 156 valence electrons. The number of nitrogens with two attached hydrogens (primary N) is 1. The van der Waals surface area contributed by atoms with Crippen LogP contribution >= 0.6 is 7.75 Å². The Kier molecular flexibility index (Phi) is 4.77. The van der Waals surface area contributed by atoms with Crippen molar-refractivity contribution in [2.75, 3.05) is 12.3 Å². The number of aliphatic hydroxyl groups is 2. The number of nitrogens with one attached hydrogen (secondary N) is 1. The van der Waals surface area contributed by atoms with Gasteiger partial charge in [0.2, 0.25) is 11.7 Å². The van der Waals surface area contributed by atoms with Crippen LogP contribution in [0.4, 0.5) is 5.95 Å². The van der Waals surface area contributed by atoms with E-state index in [0.29, 0.717) is 0 Å². The number of hydrogen-bond acceptors (Lipinski definition) is 9. The van der Waals surface area contributed by atoms with Gasteiger partial charge in [0.05, 0.1) is 13.7 Å². The van der Waals surface area contributed by atoms with E-state index in [1.54, 1.807) is 7.05 Å². The lowest BCUT2D eigenvalue weighted by molar-refractivity contribution is -0.745. The maximum atomic E-state index is 12.2. The van der Waals surface area contributed by atoms with E-state index in [1.807, 2.05) is 0 Å². The summed E-state index contributed by atoms with van der Waals surface area (Å²) in [5, 5.41) is 20.8. The third kappa shape index (κ3) is 3.35. The first kappa shape index (κ1) is 19.7. The minimum atomic E-state index is -4.24. The number of nitrogen functional groups attached to an aromatic ring is 1. The number of hydrogen-bond donors (Lipinski definition) is 5. The van der Waals surface area contributed by atoms with Gasteiger partial charge in [0.15, 0.2) is 6.33 Å². The first-order valence-electron chi connectivity index (χ1n) is 8.43. The summed E-state index contributed by atoms with van der Waals surface area (Å²) in [6.07, 6.45) is 0.0258. The van der Waals surface area contributed by atoms with E-state index in [0.717, 1.165) is 10.7 Å². The monoisotopic (exact) mass is 428 g/mol. The fraction of sp³-hybridized carbons (Fsp3) is 0.429. The number of imidazole rings is 2. The van der Waals surface area contributed by atoms with Crippen LogP contribution in [0, 0.1) is 0 Å². The van der Waals surface area contributed by atoms with Gasteiger partial charge in [-0.05, 0) is 0 Å². The molecule has 3 unspecified atom stereocenters. The highest BCUT2D eigenvalue weighted by atomic mass is 31.2. The zero-order chi connectivity index (χ0) is 20.9. The van der Waals surface area contributed by atoms with Gasteiger partial charge in [-0.1, -0.05) is 4.98 Å². The first-order chi connectivity index (χ1) is 13.7. The van der Waals surface area contributed by atoms with Gasteiger partial charge < -0.3 is 25.6 Å². The van der Waals surface area contributed by atoms with Crippen LogP contribution < -0.4 is 15.9 Å². The van der Waals surface area contributed by atoms with Crippen molar-refractivity contribution in [2.24, 2.45) is 7.05 Å². The summed E-state index contributed by atoms with van der Waals surface area (Å²) in [6, 6.07) is 0. The van der Waals surface area contributed by atoms with Crippen LogP contribution in [0.2, 0.25) is 0 Å². The molecule has 4 heterocycles. The molecule has 6 N–H and O–H groups in total. The Morgan fingerprint density at radius 2 is 2.21 bits per heavy atom. The highest BCUT2D eigenvalue weighted by molar-refractivity contribution is 7.51. The number of aryl methyl sites for hydroxylation is 1. The van der Waals surface area contributed by atoms with Gasteiger partial charge in [-0.25, -0.2) is 18.5 Å². The average Bonchev–Trinajstić information content (AvgIpc) is 3.35. The first-order valence-corrected chi connectivity index (χ1v) is 9.96. The van der Waals surface area contributed by atoms with Gasteiger partial charge in [-0.2, -0.15) is 0 Å². The number of ether oxygens (including phenoxy) is 1. The fourth-order valence-electron chi connectivity index (χ4n) is 3.19. The van der Waals surface area contributed by atoms with Gasteiger partial charge in [-0.3, -0.25) is 18.9 Å². The molecule has 4 rings (SSSR count). The molecule has 1 fully saturated rings. The Labute approximate surface area is 162 Å². The van der Waals surface area contributed by atoms with Crippen molar-refractivity contribution in [3.63, 3.8) is 0 Å². The molecule has 29 heavy (non-hydrogen) atoms. The molecule has 1 aliphatic rings. The summed E-state index contributed by atoms with van der Waals surface area (Å²) in [7, 11) is -2.64. The van der Waals surface area contributed by atoms with Crippen molar-refractivity contribution in [1.29, 1.82) is 0 Å². The number of H-pyrrole nitrogens is 1. The highest BCUT2D eigenvalue weighted by Crippen LogP contribution is 2.44. The molecule has 0 aliphatic carbocycles. The summed E-state index contributed by atoms with van der Waals surface area (Å²) in [5.74, 6) is -0.128. The van der Waals surface area contributed by atoms with Crippen molar-refractivity contribution >= 4 is 24.9 Å². The molecule has 0 radical (unpaired) electrons. The van der Waals surface area contributed by atoms with Gasteiger partial charge in [0, 0.05) is 12.4 Å². The molecule has 0 aromatic carbocycles. The van der Waals surface area contributed by atoms with E-state index in [9.17, 15) is 24.5 Å². The highest BCUT2D eigenvalue weighted by Gasteiger charge is 2.47. The Hall–Kier alpha value is -2.61. The van der Waals surface area contributed by atoms with E-state index in [1.165, 1.54) is 27.9 Å². The Morgan fingerprint density at radius 3 is 2.90 bits per heavy atom. The van der Waals surface area contributed by atoms with E-state index in [2.05, 4.69) is 15.0 Å². The second kappa shape index (κ2) is 7.02. The SMILES string of the molecule is Cn1c[n+]([C@@H]2O[C@H](COP(=O)(O)n3ccnc3)C(O)C2O)c2nc(N)[nH]c(=O)c21. The Bertz CT molecular complexity index is 1140. The van der Waals surface area contributed by atoms with Crippen LogP contribution in [0.25, 0.3) is 11.2 Å². The fourth-order valence-corrected chi connectivity index (χ4v) is 4.08.